The molecule has 0 radical (unpaired) electrons. The zero-order valence-corrected chi connectivity index (χ0v) is 11.0. The van der Waals surface area contributed by atoms with Crippen LogP contribution >= 0.6 is 15.9 Å². The number of hydrogen-bond acceptors (Lipinski definition) is 2. The second-order valence-corrected chi connectivity index (χ2v) is 4.81. The monoisotopic (exact) mass is 292 g/mol. The van der Waals surface area contributed by atoms with Crippen molar-refractivity contribution in [2.24, 2.45) is 0 Å². The highest BCUT2D eigenvalue weighted by atomic mass is 79.9. The summed E-state index contributed by atoms with van der Waals surface area (Å²) in [5, 5.41) is 10.4. The maximum absolute atomic E-state index is 10.4. The molecular weight excluding hydrogens is 280 g/mol. The van der Waals surface area contributed by atoms with Gasteiger partial charge in [-0.15, -0.1) is 0 Å². The molecule has 1 aromatic carbocycles. The van der Waals surface area contributed by atoms with Gasteiger partial charge in [-0.2, -0.15) is 0 Å². The summed E-state index contributed by atoms with van der Waals surface area (Å²) in [4.78, 5) is 0. The van der Waals surface area contributed by atoms with Crippen LogP contribution in [0.3, 0.4) is 0 Å². The van der Waals surface area contributed by atoms with E-state index in [9.17, 15) is 5.11 Å². The molecule has 0 bridgehead atoms. The smallest absolute Gasteiger partial charge is 0.151 e. The predicted molar refractivity (Wildman–Crippen MR) is 71.6 cm³/mol. The van der Waals surface area contributed by atoms with Crippen LogP contribution in [-0.4, -0.2) is 5.11 Å². The molecule has 1 heterocycles. The molecular formula is C14H13BrO2. The molecule has 1 aromatic heterocycles. The van der Waals surface area contributed by atoms with Crippen molar-refractivity contribution in [2.75, 3.05) is 0 Å². The number of rotatable bonds is 3. The van der Waals surface area contributed by atoms with Gasteiger partial charge in [0.25, 0.3) is 0 Å². The van der Waals surface area contributed by atoms with Crippen molar-refractivity contribution < 1.29 is 9.52 Å². The van der Waals surface area contributed by atoms with Gasteiger partial charge in [0.05, 0.1) is 6.26 Å². The molecule has 2 nitrogen and oxygen atoms in total. The van der Waals surface area contributed by atoms with Crippen LogP contribution in [0.1, 0.15) is 18.2 Å². The number of halogens is 1. The Hall–Kier alpha value is -1.32. The van der Waals surface area contributed by atoms with Gasteiger partial charge in [-0.1, -0.05) is 46.3 Å². The molecule has 88 valence electrons. The first kappa shape index (κ1) is 12.1. The van der Waals surface area contributed by atoms with E-state index in [0.29, 0.717) is 10.2 Å². The molecule has 0 spiro atoms. The standard InChI is InChI=1S/C14H13BrO2/c1-14(16,13-8-5-9-17-13)12(15)10-11-6-3-2-4-7-11/h2-10,16H,1H3/b12-10-/t14-/m0/s1. The van der Waals surface area contributed by atoms with Gasteiger partial charge in [0.2, 0.25) is 0 Å². The number of hydrogen-bond donors (Lipinski definition) is 1. The van der Waals surface area contributed by atoms with E-state index in [0.717, 1.165) is 5.56 Å². The van der Waals surface area contributed by atoms with Gasteiger partial charge in [0, 0.05) is 4.48 Å². The third kappa shape index (κ3) is 2.68. The molecule has 2 aromatic rings. The zero-order valence-electron chi connectivity index (χ0n) is 9.43. The van der Waals surface area contributed by atoms with Crippen LogP contribution in [0.2, 0.25) is 0 Å². The molecule has 0 aliphatic carbocycles. The normalized spacial score (nSPS) is 15.6. The lowest BCUT2D eigenvalue weighted by Crippen LogP contribution is -2.20. The van der Waals surface area contributed by atoms with Crippen molar-refractivity contribution in [2.45, 2.75) is 12.5 Å². The van der Waals surface area contributed by atoms with Crippen LogP contribution in [0, 0.1) is 0 Å². The van der Waals surface area contributed by atoms with E-state index in [1.165, 1.54) is 0 Å². The Labute approximate surface area is 109 Å². The fraction of sp³-hybridized carbons (Fsp3) is 0.143. The van der Waals surface area contributed by atoms with E-state index >= 15 is 0 Å². The highest BCUT2D eigenvalue weighted by Crippen LogP contribution is 2.34. The van der Waals surface area contributed by atoms with Gasteiger partial charge in [0.15, 0.2) is 5.60 Å². The summed E-state index contributed by atoms with van der Waals surface area (Å²) in [5.41, 5.74) is -0.134. The summed E-state index contributed by atoms with van der Waals surface area (Å²) in [6.45, 7) is 1.69. The Bertz CT molecular complexity index is 498. The summed E-state index contributed by atoms with van der Waals surface area (Å²) in [6.07, 6.45) is 3.43. The van der Waals surface area contributed by atoms with Crippen molar-refractivity contribution in [3.63, 3.8) is 0 Å². The average molecular weight is 293 g/mol. The molecule has 1 atom stereocenters. The number of benzene rings is 1. The van der Waals surface area contributed by atoms with E-state index in [2.05, 4.69) is 15.9 Å². The summed E-state index contributed by atoms with van der Waals surface area (Å²) in [7, 11) is 0. The fourth-order valence-electron chi connectivity index (χ4n) is 1.51. The second kappa shape index (κ2) is 4.90. The Balaban J connectivity index is 2.31. The minimum absolute atomic E-state index is 0.511. The largest absolute Gasteiger partial charge is 0.466 e. The Morgan fingerprint density at radius 2 is 1.94 bits per heavy atom. The highest BCUT2D eigenvalue weighted by Gasteiger charge is 2.29. The van der Waals surface area contributed by atoms with Crippen molar-refractivity contribution in [1.29, 1.82) is 0 Å². The minimum atomic E-state index is -1.15. The van der Waals surface area contributed by atoms with Crippen LogP contribution in [0.15, 0.2) is 57.6 Å². The van der Waals surface area contributed by atoms with Gasteiger partial charge in [-0.05, 0) is 30.7 Å². The van der Waals surface area contributed by atoms with Gasteiger partial charge in [-0.25, -0.2) is 0 Å². The SMILES string of the molecule is C[C@](O)(/C(Br)=C/c1ccccc1)c1ccco1. The Kier molecular flexibility index (Phi) is 3.50. The summed E-state index contributed by atoms with van der Waals surface area (Å²) in [5.74, 6) is 0.511. The van der Waals surface area contributed by atoms with Crippen molar-refractivity contribution in [3.8, 4) is 0 Å². The minimum Gasteiger partial charge on any atom is -0.466 e. The van der Waals surface area contributed by atoms with Gasteiger partial charge >= 0.3 is 0 Å². The van der Waals surface area contributed by atoms with E-state index in [1.807, 2.05) is 36.4 Å². The van der Waals surface area contributed by atoms with Crippen LogP contribution < -0.4 is 0 Å². The highest BCUT2D eigenvalue weighted by molar-refractivity contribution is 9.11. The zero-order chi connectivity index (χ0) is 12.3. The van der Waals surface area contributed by atoms with Crippen molar-refractivity contribution in [1.82, 2.24) is 0 Å². The molecule has 0 fully saturated rings. The van der Waals surface area contributed by atoms with Gasteiger partial charge < -0.3 is 9.52 Å². The molecule has 0 unspecified atom stereocenters. The lowest BCUT2D eigenvalue weighted by Gasteiger charge is -2.20. The van der Waals surface area contributed by atoms with Crippen LogP contribution in [0.5, 0.6) is 0 Å². The first-order valence-corrected chi connectivity index (χ1v) is 6.09. The van der Waals surface area contributed by atoms with Gasteiger partial charge in [0.1, 0.15) is 5.76 Å². The third-order valence-corrected chi connectivity index (χ3v) is 3.56. The lowest BCUT2D eigenvalue weighted by atomic mass is 10.0. The third-order valence-electron chi connectivity index (χ3n) is 2.56. The summed E-state index contributed by atoms with van der Waals surface area (Å²) >= 11 is 3.41. The quantitative estimate of drug-likeness (QED) is 0.930. The predicted octanol–water partition coefficient (Wildman–Crippen LogP) is 3.92. The van der Waals surface area contributed by atoms with Crippen molar-refractivity contribution in [3.05, 3.63) is 64.5 Å². The van der Waals surface area contributed by atoms with E-state index in [1.54, 1.807) is 25.3 Å². The van der Waals surface area contributed by atoms with Crippen LogP contribution in [0.4, 0.5) is 0 Å². The Morgan fingerprint density at radius 3 is 2.53 bits per heavy atom. The molecule has 2 rings (SSSR count). The van der Waals surface area contributed by atoms with E-state index in [-0.39, 0.29) is 0 Å². The van der Waals surface area contributed by atoms with Crippen LogP contribution in [0.25, 0.3) is 6.08 Å². The summed E-state index contributed by atoms with van der Waals surface area (Å²) < 4.78 is 5.89. The maximum atomic E-state index is 10.4. The number of aliphatic hydroxyl groups is 1. The summed E-state index contributed by atoms with van der Waals surface area (Å²) in [6, 6.07) is 13.3. The number of furan rings is 1. The first-order chi connectivity index (χ1) is 8.10. The molecule has 0 saturated carbocycles. The molecule has 3 heteroatoms. The van der Waals surface area contributed by atoms with E-state index < -0.39 is 5.60 Å². The molecule has 17 heavy (non-hydrogen) atoms. The van der Waals surface area contributed by atoms with E-state index in [4.69, 9.17) is 4.42 Å². The molecule has 0 aliphatic heterocycles. The molecule has 0 saturated heterocycles. The molecule has 0 aliphatic rings. The topological polar surface area (TPSA) is 33.4 Å². The second-order valence-electron chi connectivity index (χ2n) is 3.95. The fourth-order valence-corrected chi connectivity index (χ4v) is 1.97. The van der Waals surface area contributed by atoms with Gasteiger partial charge in [-0.3, -0.25) is 0 Å². The first-order valence-electron chi connectivity index (χ1n) is 5.30. The Morgan fingerprint density at radius 1 is 1.24 bits per heavy atom. The van der Waals surface area contributed by atoms with Crippen molar-refractivity contribution >= 4 is 22.0 Å². The maximum Gasteiger partial charge on any atom is 0.151 e. The molecule has 0 amide bonds. The van der Waals surface area contributed by atoms with Crippen LogP contribution in [-0.2, 0) is 5.60 Å². The molecule has 1 N–H and O–H groups in total. The average Bonchev–Trinajstić information content (AvgIpc) is 2.84. The lowest BCUT2D eigenvalue weighted by molar-refractivity contribution is 0.0828.